The summed E-state index contributed by atoms with van der Waals surface area (Å²) in [6, 6.07) is 1.25. The van der Waals surface area contributed by atoms with E-state index < -0.39 is 17.7 Å². The molecule has 2 aromatic rings. The van der Waals surface area contributed by atoms with Crippen LogP contribution in [0.4, 0.5) is 8.78 Å². The monoisotopic (exact) mass is 337 g/mol. The molecule has 17 heavy (non-hydrogen) atoms. The summed E-state index contributed by atoms with van der Waals surface area (Å²) >= 11 is 10.2. The van der Waals surface area contributed by atoms with E-state index in [0.29, 0.717) is 0 Å². The van der Waals surface area contributed by atoms with Crippen LogP contribution < -0.4 is 5.73 Å². The highest BCUT2D eigenvalue weighted by atomic mass is 79.9. The Balaban J connectivity index is 2.48. The van der Waals surface area contributed by atoms with Crippen LogP contribution in [0.1, 0.15) is 17.2 Å². The molecule has 1 aromatic heterocycles. The zero-order valence-corrected chi connectivity index (χ0v) is 11.5. The minimum Gasteiger partial charge on any atom is -0.320 e. The van der Waals surface area contributed by atoms with E-state index in [1.807, 2.05) is 5.38 Å². The zero-order valence-electron chi connectivity index (χ0n) is 8.38. The third kappa shape index (κ3) is 2.52. The van der Waals surface area contributed by atoms with E-state index in [0.717, 1.165) is 22.2 Å². The van der Waals surface area contributed by atoms with Crippen molar-refractivity contribution in [2.24, 2.45) is 5.73 Å². The van der Waals surface area contributed by atoms with Crippen LogP contribution in [-0.4, -0.2) is 0 Å². The Bertz CT molecular complexity index is 558. The van der Waals surface area contributed by atoms with Gasteiger partial charge in [0, 0.05) is 15.4 Å². The summed E-state index contributed by atoms with van der Waals surface area (Å²) in [6.45, 7) is 0. The van der Waals surface area contributed by atoms with Crippen molar-refractivity contribution in [2.75, 3.05) is 0 Å². The smallest absolute Gasteiger partial charge is 0.142 e. The van der Waals surface area contributed by atoms with E-state index in [1.165, 1.54) is 11.3 Å². The second-order valence-corrected chi connectivity index (χ2v) is 5.45. The molecule has 2 rings (SSSR count). The van der Waals surface area contributed by atoms with Gasteiger partial charge in [0.15, 0.2) is 0 Å². The molecule has 6 heteroatoms. The average Bonchev–Trinajstić information content (AvgIpc) is 2.69. The lowest BCUT2D eigenvalue weighted by molar-refractivity contribution is 0.577. The van der Waals surface area contributed by atoms with Gasteiger partial charge in [-0.3, -0.25) is 0 Å². The van der Waals surface area contributed by atoms with Crippen molar-refractivity contribution in [3.8, 4) is 0 Å². The minimum atomic E-state index is -0.720. The lowest BCUT2D eigenvalue weighted by atomic mass is 10.0. The molecule has 0 bridgehead atoms. The predicted molar refractivity (Wildman–Crippen MR) is 69.4 cm³/mol. The molecule has 0 fully saturated rings. The number of benzene rings is 1. The maximum Gasteiger partial charge on any atom is 0.142 e. The molecule has 0 spiro atoms. The summed E-state index contributed by atoms with van der Waals surface area (Å²) < 4.78 is 27.7. The SMILES string of the molecule is NC(c1cc(F)c(Cl)cc1F)c1cscc1Br. The van der Waals surface area contributed by atoms with Crippen LogP contribution in [0, 0.1) is 11.6 Å². The fraction of sp³-hybridized carbons (Fsp3) is 0.0909. The molecular formula is C11H7BrClF2NS. The lowest BCUT2D eigenvalue weighted by Crippen LogP contribution is -2.13. The molecule has 0 saturated carbocycles. The van der Waals surface area contributed by atoms with Crippen molar-refractivity contribution in [3.05, 3.63) is 55.1 Å². The zero-order chi connectivity index (χ0) is 12.6. The molecule has 1 aromatic carbocycles. The summed E-state index contributed by atoms with van der Waals surface area (Å²) in [5, 5.41) is 3.38. The Morgan fingerprint density at radius 2 is 1.88 bits per heavy atom. The van der Waals surface area contributed by atoms with Crippen LogP contribution in [0.25, 0.3) is 0 Å². The number of halogens is 4. The molecule has 90 valence electrons. The Hall–Kier alpha value is -0.490. The molecular weight excluding hydrogens is 332 g/mol. The highest BCUT2D eigenvalue weighted by molar-refractivity contribution is 9.10. The van der Waals surface area contributed by atoms with Gasteiger partial charge in [-0.1, -0.05) is 11.6 Å². The average molecular weight is 339 g/mol. The fourth-order valence-corrected chi connectivity index (χ4v) is 3.19. The van der Waals surface area contributed by atoms with Gasteiger partial charge in [-0.25, -0.2) is 8.78 Å². The lowest BCUT2D eigenvalue weighted by Gasteiger charge is -2.13. The van der Waals surface area contributed by atoms with Crippen molar-refractivity contribution in [1.82, 2.24) is 0 Å². The number of hydrogen-bond acceptors (Lipinski definition) is 2. The molecule has 2 N–H and O–H groups in total. The first-order chi connectivity index (χ1) is 8.00. The van der Waals surface area contributed by atoms with Crippen molar-refractivity contribution in [3.63, 3.8) is 0 Å². The molecule has 1 unspecified atom stereocenters. The van der Waals surface area contributed by atoms with Crippen molar-refractivity contribution < 1.29 is 8.78 Å². The summed E-state index contributed by atoms with van der Waals surface area (Å²) in [5.41, 5.74) is 6.72. The van der Waals surface area contributed by atoms with Crippen LogP contribution in [0.2, 0.25) is 5.02 Å². The number of hydrogen-bond donors (Lipinski definition) is 1. The summed E-state index contributed by atoms with van der Waals surface area (Å²) in [4.78, 5) is 0. The van der Waals surface area contributed by atoms with Gasteiger partial charge in [0.2, 0.25) is 0 Å². The van der Waals surface area contributed by atoms with Gasteiger partial charge in [-0.2, -0.15) is 11.3 Å². The van der Waals surface area contributed by atoms with Crippen LogP contribution in [-0.2, 0) is 0 Å². The number of nitrogens with two attached hydrogens (primary N) is 1. The summed E-state index contributed by atoms with van der Waals surface area (Å²) in [5.74, 6) is -1.29. The highest BCUT2D eigenvalue weighted by Gasteiger charge is 2.19. The maximum absolute atomic E-state index is 13.7. The fourth-order valence-electron chi connectivity index (χ4n) is 1.46. The van der Waals surface area contributed by atoms with E-state index in [4.69, 9.17) is 17.3 Å². The van der Waals surface area contributed by atoms with E-state index in [2.05, 4.69) is 15.9 Å². The quantitative estimate of drug-likeness (QED) is 0.802. The van der Waals surface area contributed by atoms with E-state index in [1.54, 1.807) is 5.38 Å². The topological polar surface area (TPSA) is 26.0 Å². The molecule has 0 aliphatic carbocycles. The van der Waals surface area contributed by atoms with Crippen LogP contribution in [0.5, 0.6) is 0 Å². The summed E-state index contributed by atoms with van der Waals surface area (Å²) in [6.07, 6.45) is 0. The number of rotatable bonds is 2. The van der Waals surface area contributed by atoms with Gasteiger partial charge in [0.1, 0.15) is 11.6 Å². The first-order valence-electron chi connectivity index (χ1n) is 4.62. The van der Waals surface area contributed by atoms with Gasteiger partial charge < -0.3 is 5.73 Å². The van der Waals surface area contributed by atoms with Gasteiger partial charge in [0.05, 0.1) is 11.1 Å². The second-order valence-electron chi connectivity index (χ2n) is 3.44. The van der Waals surface area contributed by atoms with Gasteiger partial charge in [-0.05, 0) is 39.0 Å². The third-order valence-corrected chi connectivity index (χ3v) is 4.39. The van der Waals surface area contributed by atoms with Crippen molar-refractivity contribution in [2.45, 2.75) is 6.04 Å². The first kappa shape index (κ1) is 13.0. The van der Waals surface area contributed by atoms with Crippen molar-refractivity contribution in [1.29, 1.82) is 0 Å². The molecule has 1 heterocycles. The van der Waals surface area contributed by atoms with Crippen molar-refractivity contribution >= 4 is 38.9 Å². The van der Waals surface area contributed by atoms with Gasteiger partial charge in [0.25, 0.3) is 0 Å². The van der Waals surface area contributed by atoms with Gasteiger partial charge in [-0.15, -0.1) is 0 Å². The van der Waals surface area contributed by atoms with E-state index in [-0.39, 0.29) is 10.6 Å². The molecule has 1 atom stereocenters. The van der Waals surface area contributed by atoms with Gasteiger partial charge >= 0.3 is 0 Å². The molecule has 0 aliphatic heterocycles. The first-order valence-corrected chi connectivity index (χ1v) is 6.73. The highest BCUT2D eigenvalue weighted by Crippen LogP contribution is 2.32. The van der Waals surface area contributed by atoms with Crippen LogP contribution in [0.15, 0.2) is 27.4 Å². The van der Waals surface area contributed by atoms with Crippen LogP contribution >= 0.6 is 38.9 Å². The Morgan fingerprint density at radius 3 is 2.47 bits per heavy atom. The third-order valence-electron chi connectivity index (χ3n) is 2.35. The van der Waals surface area contributed by atoms with Crippen LogP contribution in [0.3, 0.4) is 0 Å². The molecule has 1 nitrogen and oxygen atoms in total. The Morgan fingerprint density at radius 1 is 1.18 bits per heavy atom. The summed E-state index contributed by atoms with van der Waals surface area (Å²) in [7, 11) is 0. The Labute approximate surface area is 114 Å². The normalized spacial score (nSPS) is 12.8. The molecule has 0 amide bonds. The minimum absolute atomic E-state index is 0.0889. The predicted octanol–water partition coefficient (Wildman–Crippen LogP) is 4.49. The number of thiophene rings is 1. The molecule has 0 radical (unpaired) electrons. The Kier molecular flexibility index (Phi) is 3.82. The van der Waals surface area contributed by atoms with E-state index >= 15 is 0 Å². The molecule has 0 aliphatic rings. The standard InChI is InChI=1S/C11H7BrClF2NS/c12-7-4-17-3-6(7)11(16)5-1-10(15)8(13)2-9(5)14/h1-4,11H,16H2. The molecule has 0 saturated heterocycles. The van der Waals surface area contributed by atoms with E-state index in [9.17, 15) is 8.78 Å². The largest absolute Gasteiger partial charge is 0.320 e. The maximum atomic E-state index is 13.7. The second kappa shape index (κ2) is 5.02.